The standard InChI is InChI=1S/C25H19F3N8O5/c1-40-24(38)34-22-32-18-8-7-17(11-21(18)36(22)39)41-16-5-3-15(4-6-16)31-23(37)33-19-10-14(25(26,27)28)2-9-20(19)35-13-29-12-30-35/h2-13,39H,1H3,(H2,31,33,37)(H,32,34,38). The molecule has 0 aliphatic heterocycles. The Kier molecular flexibility index (Phi) is 7.03. The third-order valence-corrected chi connectivity index (χ3v) is 5.59. The predicted octanol–water partition coefficient (Wildman–Crippen LogP) is 5.49. The number of ether oxygens (including phenoxy) is 2. The molecule has 0 radical (unpaired) electrons. The summed E-state index contributed by atoms with van der Waals surface area (Å²) in [6.45, 7) is 0. The molecule has 3 aromatic carbocycles. The van der Waals surface area contributed by atoms with E-state index < -0.39 is 23.9 Å². The second kappa shape index (κ2) is 10.8. The van der Waals surface area contributed by atoms with Crippen LogP contribution in [0.15, 0.2) is 73.3 Å². The number of urea groups is 1. The molecule has 0 aliphatic carbocycles. The van der Waals surface area contributed by atoms with Crippen LogP contribution >= 0.6 is 0 Å². The number of aromatic nitrogens is 5. The maximum atomic E-state index is 13.3. The molecule has 16 heteroatoms. The lowest BCUT2D eigenvalue weighted by Crippen LogP contribution is -2.21. The molecule has 0 saturated heterocycles. The fraction of sp³-hybridized carbons (Fsp3) is 0.0800. The van der Waals surface area contributed by atoms with Crippen molar-refractivity contribution in [2.24, 2.45) is 0 Å². The van der Waals surface area contributed by atoms with Crippen molar-refractivity contribution in [3.05, 3.63) is 78.9 Å². The number of fused-ring (bicyclic) bond motifs is 1. The third kappa shape index (κ3) is 5.95. The molecule has 3 amide bonds. The number of alkyl halides is 3. The molecule has 0 fully saturated rings. The van der Waals surface area contributed by atoms with Crippen molar-refractivity contribution in [1.29, 1.82) is 0 Å². The number of nitrogens with one attached hydrogen (secondary N) is 3. The maximum absolute atomic E-state index is 13.3. The van der Waals surface area contributed by atoms with Crippen LogP contribution in [0.2, 0.25) is 0 Å². The number of hydrogen-bond donors (Lipinski definition) is 4. The first-order valence-corrected chi connectivity index (χ1v) is 11.6. The highest BCUT2D eigenvalue weighted by molar-refractivity contribution is 6.01. The number of nitrogens with zero attached hydrogens (tertiary/aromatic N) is 5. The van der Waals surface area contributed by atoms with Crippen LogP contribution in [0.1, 0.15) is 5.56 Å². The fourth-order valence-electron chi connectivity index (χ4n) is 3.70. The van der Waals surface area contributed by atoms with Gasteiger partial charge in [0.05, 0.1) is 29.6 Å². The zero-order valence-corrected chi connectivity index (χ0v) is 20.9. The molecule has 5 aromatic rings. The fourth-order valence-corrected chi connectivity index (χ4v) is 3.70. The molecule has 13 nitrogen and oxygen atoms in total. The van der Waals surface area contributed by atoms with Crippen LogP contribution in [0.3, 0.4) is 0 Å². The Hall–Kier alpha value is -5.80. The summed E-state index contributed by atoms with van der Waals surface area (Å²) >= 11 is 0. The zero-order chi connectivity index (χ0) is 29.1. The van der Waals surface area contributed by atoms with Crippen molar-refractivity contribution < 1.29 is 37.4 Å². The average Bonchev–Trinajstić information content (AvgIpc) is 3.58. The van der Waals surface area contributed by atoms with E-state index >= 15 is 0 Å². The van der Waals surface area contributed by atoms with Gasteiger partial charge in [0.1, 0.15) is 29.7 Å². The minimum Gasteiger partial charge on any atom is -0.457 e. The van der Waals surface area contributed by atoms with Gasteiger partial charge in [-0.25, -0.2) is 24.2 Å². The minimum absolute atomic E-state index is 0.133. The van der Waals surface area contributed by atoms with E-state index in [0.29, 0.717) is 27.4 Å². The Morgan fingerprint density at radius 1 is 0.951 bits per heavy atom. The van der Waals surface area contributed by atoms with E-state index in [4.69, 9.17) is 4.74 Å². The number of halogens is 3. The molecule has 2 aromatic heterocycles. The molecule has 210 valence electrons. The molecule has 0 atom stereocenters. The highest BCUT2D eigenvalue weighted by Crippen LogP contribution is 2.33. The van der Waals surface area contributed by atoms with Gasteiger partial charge in [-0.15, -0.1) is 4.73 Å². The Bertz CT molecular complexity index is 1720. The Labute approximate surface area is 228 Å². The van der Waals surface area contributed by atoms with Crippen LogP contribution in [0, 0.1) is 0 Å². The van der Waals surface area contributed by atoms with Gasteiger partial charge in [-0.05, 0) is 54.6 Å². The Morgan fingerprint density at radius 2 is 1.71 bits per heavy atom. The number of benzene rings is 3. The van der Waals surface area contributed by atoms with Crippen molar-refractivity contribution >= 4 is 40.5 Å². The highest BCUT2D eigenvalue weighted by atomic mass is 19.4. The van der Waals surface area contributed by atoms with E-state index in [2.05, 4.69) is 35.8 Å². The number of carbonyl (C=O) groups excluding carboxylic acids is 2. The first-order valence-electron chi connectivity index (χ1n) is 11.6. The van der Waals surface area contributed by atoms with E-state index in [-0.39, 0.29) is 22.8 Å². The van der Waals surface area contributed by atoms with Gasteiger partial charge in [0.25, 0.3) is 0 Å². The molecule has 0 bridgehead atoms. The molecule has 0 spiro atoms. The summed E-state index contributed by atoms with van der Waals surface area (Å²) in [5, 5.41) is 21.4. The lowest BCUT2D eigenvalue weighted by Gasteiger charge is -2.15. The molecule has 5 rings (SSSR count). The molecule has 0 saturated carbocycles. The van der Waals surface area contributed by atoms with Crippen molar-refractivity contribution in [1.82, 2.24) is 24.5 Å². The van der Waals surface area contributed by atoms with E-state index in [9.17, 15) is 28.0 Å². The maximum Gasteiger partial charge on any atom is 0.416 e. The van der Waals surface area contributed by atoms with Gasteiger partial charge in [0.2, 0.25) is 5.95 Å². The summed E-state index contributed by atoms with van der Waals surface area (Å²) in [5.74, 6) is 0.566. The molecular formula is C25H19F3N8O5. The van der Waals surface area contributed by atoms with E-state index in [1.54, 1.807) is 24.3 Å². The van der Waals surface area contributed by atoms with Crippen LogP contribution in [0.4, 0.5) is 40.1 Å². The van der Waals surface area contributed by atoms with Crippen LogP contribution in [-0.2, 0) is 10.9 Å². The van der Waals surface area contributed by atoms with Crippen LogP contribution in [0.5, 0.6) is 11.5 Å². The number of hydrogen-bond acceptors (Lipinski definition) is 8. The minimum atomic E-state index is -4.62. The number of amides is 3. The molecular weight excluding hydrogens is 549 g/mol. The molecule has 4 N–H and O–H groups in total. The zero-order valence-electron chi connectivity index (χ0n) is 20.9. The topological polar surface area (TPSA) is 157 Å². The van der Waals surface area contributed by atoms with Crippen molar-refractivity contribution in [2.45, 2.75) is 6.18 Å². The Balaban J connectivity index is 1.27. The number of methoxy groups -OCH3 is 1. The third-order valence-electron chi connectivity index (χ3n) is 5.59. The Morgan fingerprint density at radius 3 is 2.39 bits per heavy atom. The predicted molar refractivity (Wildman–Crippen MR) is 138 cm³/mol. The van der Waals surface area contributed by atoms with Gasteiger partial charge >= 0.3 is 18.3 Å². The average molecular weight is 568 g/mol. The summed E-state index contributed by atoms with van der Waals surface area (Å²) in [5.41, 5.74) is 0.0615. The van der Waals surface area contributed by atoms with Crippen LogP contribution in [0.25, 0.3) is 16.7 Å². The monoisotopic (exact) mass is 568 g/mol. The smallest absolute Gasteiger partial charge is 0.416 e. The van der Waals surface area contributed by atoms with Gasteiger partial charge < -0.3 is 25.3 Å². The van der Waals surface area contributed by atoms with Gasteiger partial charge in [0, 0.05) is 11.8 Å². The van der Waals surface area contributed by atoms with Crippen molar-refractivity contribution in [3.63, 3.8) is 0 Å². The van der Waals surface area contributed by atoms with Crippen molar-refractivity contribution in [3.8, 4) is 17.2 Å². The summed E-state index contributed by atoms with van der Waals surface area (Å²) in [6.07, 6.45) is -2.93. The van der Waals surface area contributed by atoms with Crippen LogP contribution < -0.4 is 20.7 Å². The number of anilines is 3. The number of imidazole rings is 1. The molecule has 41 heavy (non-hydrogen) atoms. The number of carbonyl (C=O) groups is 2. The summed E-state index contributed by atoms with van der Waals surface area (Å²) < 4.78 is 52.0. The largest absolute Gasteiger partial charge is 0.457 e. The first kappa shape index (κ1) is 26.8. The summed E-state index contributed by atoms with van der Waals surface area (Å²) in [6, 6.07) is 12.9. The quantitative estimate of drug-likeness (QED) is 0.196. The summed E-state index contributed by atoms with van der Waals surface area (Å²) in [4.78, 5) is 31.9. The lowest BCUT2D eigenvalue weighted by molar-refractivity contribution is -0.137. The van der Waals surface area contributed by atoms with E-state index in [0.717, 1.165) is 12.1 Å². The number of rotatable bonds is 6. The second-order valence-corrected chi connectivity index (χ2v) is 8.29. The first-order chi connectivity index (χ1) is 19.6. The van der Waals surface area contributed by atoms with Crippen LogP contribution in [-0.4, -0.2) is 48.9 Å². The van der Waals surface area contributed by atoms with E-state index in [1.165, 1.54) is 48.7 Å². The summed E-state index contributed by atoms with van der Waals surface area (Å²) in [7, 11) is 1.17. The van der Waals surface area contributed by atoms with Crippen molar-refractivity contribution in [2.75, 3.05) is 23.1 Å². The van der Waals surface area contributed by atoms with Gasteiger partial charge in [-0.3, -0.25) is 5.32 Å². The van der Waals surface area contributed by atoms with Gasteiger partial charge in [-0.2, -0.15) is 18.3 Å². The van der Waals surface area contributed by atoms with E-state index in [1.807, 2.05) is 0 Å². The SMILES string of the molecule is COC(=O)Nc1nc2ccc(Oc3ccc(NC(=O)Nc4cc(C(F)(F)F)ccc4-n4cncn4)cc3)cc2n1O. The molecule has 2 heterocycles. The second-order valence-electron chi connectivity index (χ2n) is 8.29. The molecule has 0 unspecified atom stereocenters. The van der Waals surface area contributed by atoms with Gasteiger partial charge in [0.15, 0.2) is 0 Å². The molecule has 0 aliphatic rings. The normalized spacial score (nSPS) is 11.2. The highest BCUT2D eigenvalue weighted by Gasteiger charge is 2.31. The van der Waals surface area contributed by atoms with Gasteiger partial charge in [-0.1, -0.05) is 0 Å². The lowest BCUT2D eigenvalue weighted by atomic mass is 10.1.